The first kappa shape index (κ1) is 25.7. The number of methoxy groups -OCH3 is 1. The number of allylic oxidation sites excluding steroid dienone is 1. The molecule has 0 radical (unpaired) electrons. The molecule has 184 valence electrons. The molecule has 2 aromatic carbocycles. The molecule has 1 unspecified atom stereocenters. The summed E-state index contributed by atoms with van der Waals surface area (Å²) in [4.78, 5) is 40.2. The molecule has 0 aliphatic heterocycles. The Kier molecular flexibility index (Phi) is 8.12. The van der Waals surface area contributed by atoms with Crippen molar-refractivity contribution in [2.75, 3.05) is 25.5 Å². The van der Waals surface area contributed by atoms with E-state index in [0.717, 1.165) is 5.56 Å². The number of fused-ring (bicyclic) bond motifs is 1. The van der Waals surface area contributed by atoms with E-state index in [-0.39, 0.29) is 29.0 Å². The average molecular weight is 477 g/mol. The molecule has 7 heteroatoms. The molecule has 7 nitrogen and oxygen atoms in total. The molecule has 1 N–H and O–H groups in total. The van der Waals surface area contributed by atoms with Gasteiger partial charge < -0.3 is 19.4 Å². The van der Waals surface area contributed by atoms with Gasteiger partial charge in [-0.2, -0.15) is 0 Å². The molecule has 1 heterocycles. The monoisotopic (exact) mass is 476 g/mol. The molecular formula is C28H32N2O5. The predicted octanol–water partition coefficient (Wildman–Crippen LogP) is 5.66. The van der Waals surface area contributed by atoms with Gasteiger partial charge in [-0.3, -0.25) is 14.4 Å². The number of hydrogen-bond donors (Lipinski definition) is 1. The van der Waals surface area contributed by atoms with E-state index >= 15 is 0 Å². The molecule has 35 heavy (non-hydrogen) atoms. The lowest BCUT2D eigenvalue weighted by Gasteiger charge is -2.17. The van der Waals surface area contributed by atoms with Gasteiger partial charge in [0, 0.05) is 26.1 Å². The van der Waals surface area contributed by atoms with Crippen molar-refractivity contribution in [1.82, 2.24) is 4.90 Å². The van der Waals surface area contributed by atoms with Crippen molar-refractivity contribution < 1.29 is 23.5 Å². The maximum absolute atomic E-state index is 13.2. The molecule has 0 aliphatic carbocycles. The summed E-state index contributed by atoms with van der Waals surface area (Å²) >= 11 is 0. The van der Waals surface area contributed by atoms with Crippen LogP contribution in [0.15, 0.2) is 53.0 Å². The number of amides is 2. The molecule has 0 aliphatic rings. The highest BCUT2D eigenvalue weighted by molar-refractivity contribution is 6.16. The van der Waals surface area contributed by atoms with Crippen molar-refractivity contribution in [1.29, 1.82) is 0 Å². The first-order valence-corrected chi connectivity index (χ1v) is 11.7. The molecule has 0 saturated carbocycles. The second-order valence-corrected chi connectivity index (χ2v) is 8.34. The lowest BCUT2D eigenvalue weighted by atomic mass is 9.98. The summed E-state index contributed by atoms with van der Waals surface area (Å²) in [6.45, 7) is 10.0. The predicted molar refractivity (Wildman–Crippen MR) is 138 cm³/mol. The van der Waals surface area contributed by atoms with Crippen LogP contribution in [0, 0.1) is 0 Å². The number of hydrogen-bond acceptors (Lipinski definition) is 5. The van der Waals surface area contributed by atoms with E-state index in [9.17, 15) is 14.4 Å². The van der Waals surface area contributed by atoms with Crippen molar-refractivity contribution in [3.8, 4) is 5.75 Å². The fraction of sp³-hybridized carbons (Fsp3) is 0.321. The van der Waals surface area contributed by atoms with Crippen LogP contribution in [-0.2, 0) is 9.59 Å². The summed E-state index contributed by atoms with van der Waals surface area (Å²) in [6.07, 6.45) is 1.56. The minimum absolute atomic E-state index is 0.0298. The zero-order valence-corrected chi connectivity index (χ0v) is 21.1. The van der Waals surface area contributed by atoms with Crippen LogP contribution in [0.3, 0.4) is 0 Å². The van der Waals surface area contributed by atoms with Gasteiger partial charge >= 0.3 is 0 Å². The van der Waals surface area contributed by atoms with Gasteiger partial charge in [-0.15, -0.1) is 0 Å². The highest BCUT2D eigenvalue weighted by atomic mass is 16.5. The molecular weight excluding hydrogens is 444 g/mol. The number of benzene rings is 2. The molecule has 3 aromatic rings. The molecule has 0 bridgehead atoms. The first-order chi connectivity index (χ1) is 16.7. The van der Waals surface area contributed by atoms with Crippen molar-refractivity contribution in [3.05, 3.63) is 65.4 Å². The Morgan fingerprint density at radius 1 is 1.06 bits per heavy atom. The SMILES string of the molecule is CCN(CC)C(=O)/C=C(\C)c1ccc(OC)c2oc(C(C)=O)c(NC(=O)C(C)c3ccccc3)c12. The zero-order chi connectivity index (χ0) is 25.7. The van der Waals surface area contributed by atoms with E-state index in [1.165, 1.54) is 14.0 Å². The summed E-state index contributed by atoms with van der Waals surface area (Å²) < 4.78 is 11.4. The van der Waals surface area contributed by atoms with Gasteiger partial charge in [-0.25, -0.2) is 0 Å². The molecule has 2 amide bonds. The Balaban J connectivity index is 2.18. The van der Waals surface area contributed by atoms with E-state index in [0.29, 0.717) is 40.9 Å². The third-order valence-electron chi connectivity index (χ3n) is 6.12. The Hall–Kier alpha value is -3.87. The second-order valence-electron chi connectivity index (χ2n) is 8.34. The third-order valence-corrected chi connectivity index (χ3v) is 6.12. The minimum atomic E-state index is -0.462. The van der Waals surface area contributed by atoms with Crippen LogP contribution in [0.4, 0.5) is 5.69 Å². The van der Waals surface area contributed by atoms with E-state index < -0.39 is 5.92 Å². The summed E-state index contributed by atoms with van der Waals surface area (Å²) in [7, 11) is 1.51. The number of nitrogens with one attached hydrogen (secondary N) is 1. The number of furan rings is 1. The van der Waals surface area contributed by atoms with Crippen LogP contribution >= 0.6 is 0 Å². The topological polar surface area (TPSA) is 88.8 Å². The van der Waals surface area contributed by atoms with Crippen LogP contribution in [0.1, 0.15) is 62.2 Å². The fourth-order valence-corrected chi connectivity index (χ4v) is 4.05. The summed E-state index contributed by atoms with van der Waals surface area (Å²) in [5, 5.41) is 3.44. The van der Waals surface area contributed by atoms with Crippen LogP contribution in [0.5, 0.6) is 5.75 Å². The van der Waals surface area contributed by atoms with Gasteiger partial charge in [-0.05, 0) is 50.5 Å². The largest absolute Gasteiger partial charge is 0.493 e. The summed E-state index contributed by atoms with van der Waals surface area (Å²) in [5.74, 6) is -0.743. The highest BCUT2D eigenvalue weighted by Crippen LogP contribution is 2.41. The molecule has 1 atom stereocenters. The highest BCUT2D eigenvalue weighted by Gasteiger charge is 2.27. The Morgan fingerprint density at radius 2 is 1.71 bits per heavy atom. The van der Waals surface area contributed by atoms with Crippen molar-refractivity contribution >= 4 is 39.8 Å². The zero-order valence-electron chi connectivity index (χ0n) is 21.1. The van der Waals surface area contributed by atoms with Crippen LogP contribution < -0.4 is 10.1 Å². The number of ether oxygens (including phenoxy) is 1. The van der Waals surface area contributed by atoms with Gasteiger partial charge in [-0.1, -0.05) is 36.4 Å². The molecule has 1 aromatic heterocycles. The van der Waals surface area contributed by atoms with Crippen LogP contribution in [0.25, 0.3) is 16.5 Å². The lowest BCUT2D eigenvalue weighted by molar-refractivity contribution is -0.125. The van der Waals surface area contributed by atoms with Crippen molar-refractivity contribution in [2.24, 2.45) is 0 Å². The van der Waals surface area contributed by atoms with Gasteiger partial charge in [0.2, 0.25) is 11.8 Å². The standard InChI is InChI=1S/C28H32N2O5/c1-7-30(8-2)23(32)16-17(3)21-14-15-22(34-6)27-24(21)25(26(35-27)19(5)31)29-28(33)18(4)20-12-10-9-11-13-20/h9-16,18H,7-8H2,1-6H3,(H,29,33)/b17-16+. The molecule has 3 rings (SSSR count). The van der Waals surface area contributed by atoms with Gasteiger partial charge in [0.25, 0.3) is 0 Å². The van der Waals surface area contributed by atoms with Gasteiger partial charge in [0.1, 0.15) is 0 Å². The number of ketones is 1. The maximum Gasteiger partial charge on any atom is 0.246 e. The Morgan fingerprint density at radius 3 is 2.29 bits per heavy atom. The van der Waals surface area contributed by atoms with Crippen molar-refractivity contribution in [3.63, 3.8) is 0 Å². The number of nitrogens with zero attached hydrogens (tertiary/aromatic N) is 1. The van der Waals surface area contributed by atoms with E-state index in [1.807, 2.05) is 51.1 Å². The van der Waals surface area contributed by atoms with Crippen molar-refractivity contribution in [2.45, 2.75) is 40.5 Å². The Labute approximate surface area is 205 Å². The van der Waals surface area contributed by atoms with E-state index in [1.54, 1.807) is 30.0 Å². The minimum Gasteiger partial charge on any atom is -0.493 e. The average Bonchev–Trinajstić information content (AvgIpc) is 3.23. The second kappa shape index (κ2) is 11.0. The van der Waals surface area contributed by atoms with Crippen LogP contribution in [-0.4, -0.2) is 42.7 Å². The number of rotatable bonds is 9. The molecule has 0 spiro atoms. The maximum atomic E-state index is 13.2. The normalized spacial score (nSPS) is 12.3. The van der Waals surface area contributed by atoms with Crippen LogP contribution in [0.2, 0.25) is 0 Å². The smallest absolute Gasteiger partial charge is 0.246 e. The number of likely N-dealkylation sites (N-methyl/N-ethyl adjacent to an activating group) is 1. The first-order valence-electron chi connectivity index (χ1n) is 11.7. The number of carbonyl (C=O) groups is 3. The summed E-state index contributed by atoms with van der Waals surface area (Å²) in [6, 6.07) is 12.9. The summed E-state index contributed by atoms with van der Waals surface area (Å²) in [5.41, 5.74) is 2.80. The number of Topliss-reactive ketones (excluding diaryl/α,β-unsaturated/α-hetero) is 1. The van der Waals surface area contributed by atoms with Gasteiger partial charge in [0.05, 0.1) is 24.1 Å². The molecule has 0 fully saturated rings. The Bertz CT molecular complexity index is 1270. The van der Waals surface area contributed by atoms with Gasteiger partial charge in [0.15, 0.2) is 22.9 Å². The third kappa shape index (κ3) is 5.29. The van der Waals surface area contributed by atoms with E-state index in [4.69, 9.17) is 9.15 Å². The molecule has 0 saturated heterocycles. The fourth-order valence-electron chi connectivity index (χ4n) is 4.05. The number of anilines is 1. The van der Waals surface area contributed by atoms with E-state index in [2.05, 4.69) is 5.32 Å². The quantitative estimate of drug-likeness (QED) is 0.318. The lowest BCUT2D eigenvalue weighted by Crippen LogP contribution is -2.28. The number of carbonyl (C=O) groups excluding carboxylic acids is 3.